The second-order valence-electron chi connectivity index (χ2n) is 9.33. The van der Waals surface area contributed by atoms with Crippen molar-refractivity contribution in [1.29, 1.82) is 5.26 Å². The maximum absolute atomic E-state index is 15.6. The molecule has 1 saturated heterocycles. The van der Waals surface area contributed by atoms with Gasteiger partial charge in [-0.15, -0.1) is 11.3 Å². The predicted octanol–water partition coefficient (Wildman–Crippen LogP) is 5.68. The summed E-state index contributed by atoms with van der Waals surface area (Å²) in [6.07, 6.45) is 2.99. The Balaban J connectivity index is 1.68. The van der Waals surface area contributed by atoms with Gasteiger partial charge in [-0.25, -0.2) is 14.4 Å². The van der Waals surface area contributed by atoms with Crippen molar-refractivity contribution >= 4 is 43.3 Å². The van der Waals surface area contributed by atoms with Crippen molar-refractivity contribution in [2.75, 3.05) is 17.2 Å². The van der Waals surface area contributed by atoms with Crippen molar-refractivity contribution in [2.24, 2.45) is 5.92 Å². The molecule has 0 unspecified atom stereocenters. The molecule has 4 heterocycles. The molecule has 2 N–H and O–H groups in total. The third-order valence-corrected chi connectivity index (χ3v) is 8.57. The summed E-state index contributed by atoms with van der Waals surface area (Å²) in [6, 6.07) is 5.70. The number of nitriles is 1. The van der Waals surface area contributed by atoms with Gasteiger partial charge in [0.2, 0.25) is 5.95 Å². The van der Waals surface area contributed by atoms with Crippen molar-refractivity contribution in [3.05, 3.63) is 46.4 Å². The normalized spacial score (nSPS) is 19.8. The first kappa shape index (κ1) is 21.3. The highest BCUT2D eigenvalue weighted by molar-refractivity contribution is 7.23. The molecule has 2 aromatic carbocycles. The predicted molar refractivity (Wildman–Crippen MR) is 133 cm³/mol. The number of ether oxygens (including phenoxy) is 1. The van der Waals surface area contributed by atoms with Crippen LogP contribution in [0, 0.1) is 30.0 Å². The zero-order chi connectivity index (χ0) is 23.7. The van der Waals surface area contributed by atoms with Gasteiger partial charge < -0.3 is 15.4 Å². The number of rotatable bonds is 2. The van der Waals surface area contributed by atoms with Crippen LogP contribution in [0.4, 0.5) is 15.3 Å². The largest absolute Gasteiger partial charge is 0.389 e. The maximum atomic E-state index is 15.6. The van der Waals surface area contributed by atoms with E-state index in [0.717, 1.165) is 50.8 Å². The zero-order valence-electron chi connectivity index (χ0n) is 19.3. The maximum Gasteiger partial charge on any atom is 0.226 e. The van der Waals surface area contributed by atoms with Crippen LogP contribution in [0.25, 0.3) is 32.1 Å². The molecule has 0 saturated carbocycles. The van der Waals surface area contributed by atoms with Crippen LogP contribution in [-0.2, 0) is 18.0 Å². The van der Waals surface area contributed by atoms with E-state index < -0.39 is 0 Å². The van der Waals surface area contributed by atoms with Gasteiger partial charge in [0.25, 0.3) is 0 Å². The molecule has 34 heavy (non-hydrogen) atoms. The molecule has 2 aliphatic heterocycles. The first-order chi connectivity index (χ1) is 16.4. The van der Waals surface area contributed by atoms with E-state index in [1.165, 1.54) is 17.4 Å². The number of nitrogens with two attached hydrogens (primary N) is 1. The SMILES string of the molecule is Cc1c(-c2c(F)ccc3sc(N)c(C#N)c23)c2c(c3cnc(N4CC[C@H](C)[C@H]4C)nc13)COC2. The Labute approximate surface area is 200 Å². The Hall–Kier alpha value is -3.28. The third-order valence-electron chi connectivity index (χ3n) is 7.58. The summed E-state index contributed by atoms with van der Waals surface area (Å²) < 4.78 is 22.2. The van der Waals surface area contributed by atoms with Crippen LogP contribution >= 0.6 is 11.3 Å². The molecular weight excluding hydrogens is 449 g/mol. The summed E-state index contributed by atoms with van der Waals surface area (Å²) in [4.78, 5) is 12.0. The second kappa shape index (κ2) is 7.62. The Morgan fingerprint density at radius 2 is 2.03 bits per heavy atom. The summed E-state index contributed by atoms with van der Waals surface area (Å²) in [7, 11) is 0. The zero-order valence-corrected chi connectivity index (χ0v) is 20.1. The van der Waals surface area contributed by atoms with E-state index in [1.54, 1.807) is 6.07 Å². The molecular formula is C26H24FN5OS. The van der Waals surface area contributed by atoms with Gasteiger partial charge in [0, 0.05) is 39.8 Å². The lowest BCUT2D eigenvalue weighted by Crippen LogP contribution is -2.30. The fraction of sp³-hybridized carbons (Fsp3) is 0.346. The highest BCUT2D eigenvalue weighted by Gasteiger charge is 2.31. The Kier molecular flexibility index (Phi) is 4.77. The summed E-state index contributed by atoms with van der Waals surface area (Å²) in [5, 5.41) is 11.7. The summed E-state index contributed by atoms with van der Waals surface area (Å²) in [6.45, 7) is 8.15. The van der Waals surface area contributed by atoms with Crippen LogP contribution < -0.4 is 10.6 Å². The number of halogens is 1. The quantitative estimate of drug-likeness (QED) is 0.403. The molecule has 2 aromatic heterocycles. The van der Waals surface area contributed by atoms with Crippen LogP contribution in [0.3, 0.4) is 0 Å². The van der Waals surface area contributed by atoms with Gasteiger partial charge in [-0.2, -0.15) is 5.26 Å². The molecule has 4 aromatic rings. The van der Waals surface area contributed by atoms with Gasteiger partial charge in [-0.1, -0.05) is 6.92 Å². The monoisotopic (exact) mass is 473 g/mol. The number of aromatic nitrogens is 2. The topological polar surface area (TPSA) is 88.1 Å². The van der Waals surface area contributed by atoms with E-state index in [9.17, 15) is 5.26 Å². The third kappa shape index (κ3) is 2.87. The highest BCUT2D eigenvalue weighted by atomic mass is 32.1. The van der Waals surface area contributed by atoms with Crippen molar-refractivity contribution in [3.8, 4) is 17.2 Å². The number of nitrogen functional groups attached to an aromatic ring is 1. The number of nitrogens with zero attached hydrogens (tertiary/aromatic N) is 4. The van der Waals surface area contributed by atoms with Crippen LogP contribution in [0.15, 0.2) is 18.3 Å². The van der Waals surface area contributed by atoms with Crippen molar-refractivity contribution < 1.29 is 9.13 Å². The molecule has 2 aliphatic rings. The van der Waals surface area contributed by atoms with Gasteiger partial charge in [-0.3, -0.25) is 0 Å². The first-order valence-corrected chi connectivity index (χ1v) is 12.3. The van der Waals surface area contributed by atoms with E-state index in [-0.39, 0.29) is 5.82 Å². The minimum absolute atomic E-state index is 0.324. The molecule has 0 radical (unpaired) electrons. The standard InChI is InChI=1S/C26H24FN5OS/c1-12-6-7-32(14(12)3)26-30-9-16-17-10-33-11-18(17)21(13(2)24(16)31-26)23-19(27)4-5-20-22(23)15(8-28)25(29)34-20/h4-5,9,12,14H,6-7,10-11,29H2,1-3H3/t12-,14+/m0/s1. The smallest absolute Gasteiger partial charge is 0.226 e. The van der Waals surface area contributed by atoms with Crippen LogP contribution in [-0.4, -0.2) is 22.6 Å². The number of thiophene rings is 1. The van der Waals surface area contributed by atoms with E-state index in [0.29, 0.717) is 52.6 Å². The number of aryl methyl sites for hydroxylation is 1. The molecule has 8 heteroatoms. The molecule has 0 aliphatic carbocycles. The molecule has 0 bridgehead atoms. The number of hydrogen-bond donors (Lipinski definition) is 1. The minimum atomic E-state index is -0.380. The average Bonchev–Trinajstić information content (AvgIpc) is 3.52. The van der Waals surface area contributed by atoms with E-state index in [2.05, 4.69) is 24.8 Å². The lowest BCUT2D eigenvalue weighted by molar-refractivity contribution is 0.135. The van der Waals surface area contributed by atoms with Gasteiger partial charge in [0.1, 0.15) is 16.9 Å². The molecule has 172 valence electrons. The molecule has 1 fully saturated rings. The molecule has 6 nitrogen and oxygen atoms in total. The Morgan fingerprint density at radius 1 is 1.24 bits per heavy atom. The Bertz CT molecular complexity index is 1540. The van der Waals surface area contributed by atoms with Crippen LogP contribution in [0.5, 0.6) is 0 Å². The molecule has 6 rings (SSSR count). The fourth-order valence-corrected chi connectivity index (χ4v) is 6.44. The number of hydrogen-bond acceptors (Lipinski definition) is 7. The van der Waals surface area contributed by atoms with Crippen LogP contribution in [0.1, 0.15) is 42.5 Å². The number of anilines is 2. The van der Waals surface area contributed by atoms with Crippen molar-refractivity contribution in [1.82, 2.24) is 9.97 Å². The lowest BCUT2D eigenvalue weighted by Gasteiger charge is -2.24. The molecule has 0 spiro atoms. The second-order valence-corrected chi connectivity index (χ2v) is 10.4. The van der Waals surface area contributed by atoms with E-state index in [1.807, 2.05) is 13.1 Å². The summed E-state index contributed by atoms with van der Waals surface area (Å²) in [5.74, 6) is 0.896. The number of fused-ring (bicyclic) bond motifs is 4. The summed E-state index contributed by atoms with van der Waals surface area (Å²) in [5.41, 5.74) is 11.2. The van der Waals surface area contributed by atoms with Gasteiger partial charge >= 0.3 is 0 Å². The van der Waals surface area contributed by atoms with Gasteiger partial charge in [-0.05, 0) is 60.6 Å². The van der Waals surface area contributed by atoms with E-state index >= 15 is 4.39 Å². The molecule has 2 atom stereocenters. The average molecular weight is 474 g/mol. The van der Waals surface area contributed by atoms with Crippen molar-refractivity contribution in [2.45, 2.75) is 46.4 Å². The lowest BCUT2D eigenvalue weighted by atomic mass is 9.87. The number of benzene rings is 2. The highest BCUT2D eigenvalue weighted by Crippen LogP contribution is 2.46. The first-order valence-electron chi connectivity index (χ1n) is 11.5. The fourth-order valence-electron chi connectivity index (χ4n) is 5.51. The van der Waals surface area contributed by atoms with Crippen molar-refractivity contribution in [3.63, 3.8) is 0 Å². The van der Waals surface area contributed by atoms with Crippen LogP contribution in [0.2, 0.25) is 0 Å². The Morgan fingerprint density at radius 3 is 2.76 bits per heavy atom. The summed E-state index contributed by atoms with van der Waals surface area (Å²) >= 11 is 1.31. The van der Waals surface area contributed by atoms with Gasteiger partial charge in [0.15, 0.2) is 0 Å². The van der Waals surface area contributed by atoms with E-state index in [4.69, 9.17) is 20.4 Å². The molecule has 0 amide bonds. The van der Waals surface area contributed by atoms with Gasteiger partial charge in [0.05, 0.1) is 24.3 Å². The minimum Gasteiger partial charge on any atom is -0.389 e.